The molecule has 1 aliphatic heterocycles. The summed E-state index contributed by atoms with van der Waals surface area (Å²) in [6, 6.07) is 15.6. The molecule has 204 valence electrons. The second kappa shape index (κ2) is 11.5. The Hall–Kier alpha value is -3.91. The molecule has 3 aromatic rings. The Labute approximate surface area is 231 Å². The van der Waals surface area contributed by atoms with Crippen molar-refractivity contribution in [2.24, 2.45) is 5.73 Å². The summed E-state index contributed by atoms with van der Waals surface area (Å²) in [5.41, 5.74) is 10.2. The number of rotatable bonds is 7. The number of thiazole rings is 1. The van der Waals surface area contributed by atoms with E-state index in [0.29, 0.717) is 26.6 Å². The summed E-state index contributed by atoms with van der Waals surface area (Å²) in [5, 5.41) is 0. The molecule has 2 heterocycles. The van der Waals surface area contributed by atoms with Crippen molar-refractivity contribution in [1.82, 2.24) is 4.57 Å². The first-order chi connectivity index (χ1) is 18.6. The number of hydrogen-bond acceptors (Lipinski definition) is 7. The highest BCUT2D eigenvalue weighted by atomic mass is 32.1. The normalized spacial score (nSPS) is 15.6. The molecule has 0 radical (unpaired) electrons. The highest BCUT2D eigenvalue weighted by molar-refractivity contribution is 7.07. The number of ether oxygens (including phenoxy) is 2. The second-order valence-electron chi connectivity index (χ2n) is 10.1. The van der Waals surface area contributed by atoms with Gasteiger partial charge in [0.1, 0.15) is 10.5 Å². The number of nitrogens with two attached hydrogens (primary N) is 1. The summed E-state index contributed by atoms with van der Waals surface area (Å²) in [5.74, 6) is -1.57. The van der Waals surface area contributed by atoms with E-state index in [0.717, 1.165) is 22.5 Å². The van der Waals surface area contributed by atoms with E-state index in [1.54, 1.807) is 13.0 Å². The van der Waals surface area contributed by atoms with Crippen molar-refractivity contribution in [2.75, 3.05) is 13.7 Å². The first kappa shape index (κ1) is 28.1. The third-order valence-corrected chi connectivity index (χ3v) is 7.99. The van der Waals surface area contributed by atoms with Gasteiger partial charge in [0, 0.05) is 0 Å². The molecule has 0 saturated carbocycles. The Morgan fingerprint density at radius 1 is 0.949 bits per heavy atom. The van der Waals surface area contributed by atoms with Crippen LogP contribution in [0.2, 0.25) is 0 Å². The predicted octanol–water partition coefficient (Wildman–Crippen LogP) is 3.80. The van der Waals surface area contributed by atoms with E-state index in [-0.39, 0.29) is 23.6 Å². The maximum absolute atomic E-state index is 13.7. The number of aromatic nitrogens is 1. The van der Waals surface area contributed by atoms with Crippen molar-refractivity contribution in [2.45, 2.75) is 52.4 Å². The van der Waals surface area contributed by atoms with Crippen LogP contribution in [0.4, 0.5) is 0 Å². The molecule has 1 aliphatic rings. The summed E-state index contributed by atoms with van der Waals surface area (Å²) < 4.78 is 12.5. The number of hydrogen-bond donors (Lipinski definition) is 1. The Morgan fingerprint density at radius 2 is 1.51 bits per heavy atom. The van der Waals surface area contributed by atoms with Crippen LogP contribution in [0, 0.1) is 0 Å². The van der Waals surface area contributed by atoms with E-state index in [4.69, 9.17) is 15.2 Å². The molecule has 0 unspecified atom stereocenters. The fourth-order valence-electron chi connectivity index (χ4n) is 4.70. The van der Waals surface area contributed by atoms with Crippen LogP contribution in [0.25, 0.3) is 17.5 Å². The van der Waals surface area contributed by atoms with E-state index in [1.807, 2.05) is 48.5 Å². The van der Waals surface area contributed by atoms with Crippen molar-refractivity contribution in [1.29, 1.82) is 0 Å². The summed E-state index contributed by atoms with van der Waals surface area (Å²) in [6.45, 7) is 10.2. The minimum absolute atomic E-state index is 0.0368. The zero-order valence-corrected chi connectivity index (χ0v) is 23.9. The average molecular weight is 547 g/mol. The minimum Gasteiger partial charge on any atom is -0.466 e. The first-order valence-corrected chi connectivity index (χ1v) is 13.8. The zero-order valence-electron chi connectivity index (χ0n) is 23.1. The Morgan fingerprint density at radius 3 is 2.03 bits per heavy atom. The molecule has 7 nitrogen and oxygen atoms in total. The van der Waals surface area contributed by atoms with E-state index in [2.05, 4.69) is 27.7 Å². The standard InChI is InChI=1S/C31H34N2O5S/c1-7-38-31(36)25-24(22-14-12-21(13-15-22)18(4)5)26(30(35)37-6)29-33(27(25)32)28(34)23(39-29)16-19-8-10-20(11-9-19)17(2)3/h8-18,24H,7,32H2,1-6H3/b23-16+/t24-/m0/s1. The second-order valence-corrected chi connectivity index (χ2v) is 11.1. The Bertz CT molecular complexity index is 1610. The average Bonchev–Trinajstić information content (AvgIpc) is 3.24. The highest BCUT2D eigenvalue weighted by Gasteiger charge is 2.39. The first-order valence-electron chi connectivity index (χ1n) is 13.0. The lowest BCUT2D eigenvalue weighted by Crippen LogP contribution is -2.41. The minimum atomic E-state index is -0.867. The van der Waals surface area contributed by atoms with Gasteiger partial charge in [-0.2, -0.15) is 0 Å². The van der Waals surface area contributed by atoms with Crippen molar-refractivity contribution < 1.29 is 19.1 Å². The molecule has 8 heteroatoms. The van der Waals surface area contributed by atoms with Crippen LogP contribution in [-0.4, -0.2) is 30.2 Å². The molecule has 39 heavy (non-hydrogen) atoms. The Balaban J connectivity index is 2.04. The van der Waals surface area contributed by atoms with Crippen LogP contribution >= 0.6 is 11.3 Å². The van der Waals surface area contributed by atoms with Gasteiger partial charge >= 0.3 is 11.9 Å². The lowest BCUT2D eigenvalue weighted by atomic mass is 9.82. The summed E-state index contributed by atoms with van der Waals surface area (Å²) in [4.78, 5) is 40.3. The van der Waals surface area contributed by atoms with Crippen molar-refractivity contribution in [3.8, 4) is 0 Å². The van der Waals surface area contributed by atoms with E-state index >= 15 is 0 Å². The molecule has 2 aromatic carbocycles. The number of carbonyl (C=O) groups is 2. The number of esters is 2. The molecule has 0 bridgehead atoms. The van der Waals surface area contributed by atoms with E-state index < -0.39 is 23.4 Å². The number of nitrogens with zero attached hydrogens (tertiary/aromatic N) is 1. The smallest absolute Gasteiger partial charge is 0.338 e. The van der Waals surface area contributed by atoms with Gasteiger partial charge in [0.05, 0.1) is 35.3 Å². The third-order valence-electron chi connectivity index (χ3n) is 6.89. The number of methoxy groups -OCH3 is 1. The van der Waals surface area contributed by atoms with Gasteiger partial charge < -0.3 is 15.2 Å². The van der Waals surface area contributed by atoms with Gasteiger partial charge in [0.15, 0.2) is 0 Å². The van der Waals surface area contributed by atoms with Crippen LogP contribution < -0.4 is 20.5 Å². The van der Waals surface area contributed by atoms with Gasteiger partial charge in [-0.1, -0.05) is 76.2 Å². The highest BCUT2D eigenvalue weighted by Crippen LogP contribution is 2.38. The SMILES string of the molecule is CCOC(=O)C1=C(N)n2c(s/c(=C/c3ccc(C(C)C)cc3)c2=O)=C(C(=O)OC)[C@H]1c1ccc(C(C)C)cc1. The van der Waals surface area contributed by atoms with Gasteiger partial charge in [0.25, 0.3) is 5.56 Å². The molecular formula is C31H34N2O5S. The molecule has 0 saturated heterocycles. The maximum atomic E-state index is 13.7. The molecule has 0 amide bonds. The molecule has 1 atom stereocenters. The van der Waals surface area contributed by atoms with Gasteiger partial charge in [-0.15, -0.1) is 11.3 Å². The summed E-state index contributed by atoms with van der Waals surface area (Å²) in [7, 11) is 1.28. The van der Waals surface area contributed by atoms with Crippen LogP contribution in [0.1, 0.15) is 74.6 Å². The Kier molecular flexibility index (Phi) is 8.25. The lowest BCUT2D eigenvalue weighted by Gasteiger charge is -2.27. The fraction of sp³-hybridized carbons (Fsp3) is 0.323. The van der Waals surface area contributed by atoms with Crippen molar-refractivity contribution >= 4 is 40.7 Å². The third kappa shape index (κ3) is 5.34. The monoisotopic (exact) mass is 546 g/mol. The molecule has 2 N–H and O–H groups in total. The number of carbonyl (C=O) groups excluding carboxylic acids is 2. The maximum Gasteiger partial charge on any atom is 0.338 e. The molecule has 1 aromatic heterocycles. The van der Waals surface area contributed by atoms with E-state index in [1.165, 1.54) is 17.2 Å². The zero-order chi connectivity index (χ0) is 28.4. The molecule has 0 spiro atoms. The summed E-state index contributed by atoms with van der Waals surface area (Å²) >= 11 is 1.15. The molecule has 0 fully saturated rings. The van der Waals surface area contributed by atoms with Gasteiger partial charge in [0.2, 0.25) is 0 Å². The molecule has 0 aliphatic carbocycles. The van der Waals surface area contributed by atoms with Crippen LogP contribution in [0.3, 0.4) is 0 Å². The molecule has 4 rings (SSSR count). The fourth-order valence-corrected chi connectivity index (χ4v) is 5.86. The van der Waals surface area contributed by atoms with E-state index in [9.17, 15) is 14.4 Å². The van der Waals surface area contributed by atoms with Crippen LogP contribution in [-0.2, 0) is 19.1 Å². The largest absolute Gasteiger partial charge is 0.466 e. The van der Waals surface area contributed by atoms with Crippen LogP contribution in [0.5, 0.6) is 0 Å². The predicted molar refractivity (Wildman–Crippen MR) is 155 cm³/mol. The topological polar surface area (TPSA) is 101 Å². The van der Waals surface area contributed by atoms with Crippen LogP contribution in [0.15, 0.2) is 58.9 Å². The molecular weight excluding hydrogens is 512 g/mol. The quantitative estimate of drug-likeness (QED) is 0.453. The van der Waals surface area contributed by atoms with Gasteiger partial charge in [-0.05, 0) is 47.1 Å². The number of benzene rings is 2. The van der Waals surface area contributed by atoms with Crippen molar-refractivity contribution in [3.63, 3.8) is 0 Å². The van der Waals surface area contributed by atoms with Gasteiger partial charge in [-0.25, -0.2) is 9.59 Å². The van der Waals surface area contributed by atoms with Crippen molar-refractivity contribution in [3.05, 3.63) is 95.9 Å². The summed E-state index contributed by atoms with van der Waals surface area (Å²) in [6.07, 6.45) is 1.76. The lowest BCUT2D eigenvalue weighted by molar-refractivity contribution is -0.138. The van der Waals surface area contributed by atoms with Gasteiger partial charge in [-0.3, -0.25) is 9.36 Å². The number of fused-ring (bicyclic) bond motifs is 1.